The Balaban J connectivity index is 1.44. The Labute approximate surface area is 134 Å². The van der Waals surface area contributed by atoms with Crippen LogP contribution in [0.25, 0.3) is 0 Å². The molecule has 4 fully saturated rings. The Morgan fingerprint density at radius 1 is 1.05 bits per heavy atom. The summed E-state index contributed by atoms with van der Waals surface area (Å²) < 4.78 is 1.13. The van der Waals surface area contributed by atoms with Gasteiger partial charge >= 0.3 is 0 Å². The molecule has 1 N–H and O–H groups in total. The summed E-state index contributed by atoms with van der Waals surface area (Å²) in [6, 6.07) is 6.87. The minimum atomic E-state index is 0.755. The zero-order valence-electron chi connectivity index (χ0n) is 11.6. The van der Waals surface area contributed by atoms with E-state index in [0.717, 1.165) is 45.8 Å². The lowest BCUT2D eigenvalue weighted by molar-refractivity contribution is -0.0142. The summed E-state index contributed by atoms with van der Waals surface area (Å²) in [5, 5.41) is 4.67. The Morgan fingerprint density at radius 3 is 2.30 bits per heavy atom. The molecular weight excluding hydrogens is 334 g/mol. The van der Waals surface area contributed by atoms with Gasteiger partial charge in [-0.05, 0) is 73.5 Å². The molecule has 5 rings (SSSR count). The molecule has 20 heavy (non-hydrogen) atoms. The fourth-order valence-corrected chi connectivity index (χ4v) is 5.97. The first-order valence-electron chi connectivity index (χ1n) is 7.86. The predicted octanol–water partition coefficient (Wildman–Crippen LogP) is 5.02. The molecule has 0 amide bonds. The van der Waals surface area contributed by atoms with Crippen molar-refractivity contribution in [3.05, 3.63) is 33.3 Å². The second kappa shape index (κ2) is 5.30. The van der Waals surface area contributed by atoms with E-state index in [1.165, 1.54) is 37.7 Å². The highest BCUT2D eigenvalue weighted by atomic mass is 79.9. The molecule has 1 aromatic carbocycles. The highest BCUT2D eigenvalue weighted by Gasteiger charge is 2.47. The fraction of sp³-hybridized carbons (Fsp3) is 0.647. The second-order valence-electron chi connectivity index (χ2n) is 7.07. The zero-order valence-corrected chi connectivity index (χ0v) is 14.0. The lowest BCUT2D eigenvalue weighted by Crippen LogP contribution is -2.54. The third-order valence-corrected chi connectivity index (χ3v) is 6.74. The van der Waals surface area contributed by atoms with Crippen molar-refractivity contribution in [1.82, 2.24) is 5.32 Å². The summed E-state index contributed by atoms with van der Waals surface area (Å²) in [4.78, 5) is 0. The lowest BCUT2D eigenvalue weighted by Gasteiger charge is -2.54. The van der Waals surface area contributed by atoms with Crippen LogP contribution in [0.5, 0.6) is 0 Å². The largest absolute Gasteiger partial charge is 0.309 e. The van der Waals surface area contributed by atoms with Crippen LogP contribution in [-0.4, -0.2) is 6.04 Å². The van der Waals surface area contributed by atoms with Gasteiger partial charge in [-0.1, -0.05) is 33.6 Å². The van der Waals surface area contributed by atoms with Gasteiger partial charge in [0.1, 0.15) is 0 Å². The van der Waals surface area contributed by atoms with Crippen molar-refractivity contribution in [2.45, 2.75) is 44.7 Å². The molecule has 0 atom stereocenters. The van der Waals surface area contributed by atoms with E-state index in [0.29, 0.717) is 0 Å². The topological polar surface area (TPSA) is 12.0 Å². The van der Waals surface area contributed by atoms with Gasteiger partial charge in [-0.25, -0.2) is 0 Å². The highest BCUT2D eigenvalue weighted by Crippen LogP contribution is 2.53. The summed E-state index contributed by atoms with van der Waals surface area (Å²) in [5.41, 5.74) is 1.32. The van der Waals surface area contributed by atoms with Gasteiger partial charge in [0.2, 0.25) is 0 Å². The molecule has 0 spiro atoms. The Morgan fingerprint density at radius 2 is 1.70 bits per heavy atom. The van der Waals surface area contributed by atoms with Crippen LogP contribution in [-0.2, 0) is 6.54 Å². The van der Waals surface area contributed by atoms with Crippen molar-refractivity contribution in [2.24, 2.45) is 23.7 Å². The van der Waals surface area contributed by atoms with E-state index < -0.39 is 0 Å². The molecule has 0 heterocycles. The number of hydrogen-bond acceptors (Lipinski definition) is 1. The first-order valence-corrected chi connectivity index (χ1v) is 9.03. The quantitative estimate of drug-likeness (QED) is 0.804. The van der Waals surface area contributed by atoms with Gasteiger partial charge in [0.25, 0.3) is 0 Å². The maximum atomic E-state index is 6.01. The minimum Gasteiger partial charge on any atom is -0.309 e. The van der Waals surface area contributed by atoms with Crippen LogP contribution in [0.4, 0.5) is 0 Å². The maximum absolute atomic E-state index is 6.01. The van der Waals surface area contributed by atoms with E-state index in [1.807, 2.05) is 12.1 Å². The van der Waals surface area contributed by atoms with Crippen molar-refractivity contribution in [3.8, 4) is 0 Å². The van der Waals surface area contributed by atoms with Crippen molar-refractivity contribution in [3.63, 3.8) is 0 Å². The van der Waals surface area contributed by atoms with Crippen LogP contribution in [0, 0.1) is 23.7 Å². The van der Waals surface area contributed by atoms with E-state index in [-0.39, 0.29) is 0 Å². The fourth-order valence-electron chi connectivity index (χ4n) is 5.15. The average Bonchev–Trinajstić information content (AvgIpc) is 2.39. The number of halogens is 2. The van der Waals surface area contributed by atoms with Crippen LogP contribution >= 0.6 is 27.5 Å². The molecular formula is C17H21BrClN. The van der Waals surface area contributed by atoms with Crippen LogP contribution in [0.2, 0.25) is 5.02 Å². The maximum Gasteiger partial charge on any atom is 0.0417 e. The molecule has 4 aliphatic carbocycles. The molecule has 0 aromatic heterocycles. The van der Waals surface area contributed by atoms with Gasteiger partial charge in [0.05, 0.1) is 0 Å². The van der Waals surface area contributed by atoms with Crippen molar-refractivity contribution in [1.29, 1.82) is 0 Å². The summed E-state index contributed by atoms with van der Waals surface area (Å²) in [5.74, 6) is 3.99. The van der Waals surface area contributed by atoms with Crippen molar-refractivity contribution >= 4 is 27.5 Å². The molecule has 4 bridgehead atoms. The third kappa shape index (κ3) is 2.44. The Bertz CT molecular complexity index is 488. The summed E-state index contributed by atoms with van der Waals surface area (Å²) in [7, 11) is 0. The van der Waals surface area contributed by atoms with E-state index in [2.05, 4.69) is 27.3 Å². The smallest absolute Gasteiger partial charge is 0.0417 e. The van der Waals surface area contributed by atoms with E-state index >= 15 is 0 Å². The molecule has 0 radical (unpaired) electrons. The molecule has 1 aromatic rings. The van der Waals surface area contributed by atoms with Gasteiger partial charge in [-0.3, -0.25) is 0 Å². The lowest BCUT2D eigenvalue weighted by atomic mass is 9.54. The number of rotatable bonds is 3. The Hall–Kier alpha value is -0.0500. The monoisotopic (exact) mass is 353 g/mol. The second-order valence-corrected chi connectivity index (χ2v) is 8.36. The van der Waals surface area contributed by atoms with Gasteiger partial charge in [0, 0.05) is 22.1 Å². The molecule has 0 saturated heterocycles. The zero-order chi connectivity index (χ0) is 13.7. The van der Waals surface area contributed by atoms with Gasteiger partial charge < -0.3 is 5.32 Å². The van der Waals surface area contributed by atoms with Crippen LogP contribution < -0.4 is 5.32 Å². The van der Waals surface area contributed by atoms with Crippen LogP contribution in [0.1, 0.15) is 37.7 Å². The van der Waals surface area contributed by atoms with Crippen molar-refractivity contribution < 1.29 is 0 Å². The van der Waals surface area contributed by atoms with Crippen LogP contribution in [0.3, 0.4) is 0 Å². The van der Waals surface area contributed by atoms with Gasteiger partial charge in [-0.15, -0.1) is 0 Å². The van der Waals surface area contributed by atoms with Crippen molar-refractivity contribution in [2.75, 3.05) is 0 Å². The van der Waals surface area contributed by atoms with Crippen LogP contribution in [0.15, 0.2) is 22.7 Å². The molecule has 0 unspecified atom stereocenters. The van der Waals surface area contributed by atoms with E-state index in [1.54, 1.807) is 0 Å². The standard InChI is InChI=1S/C17H21BrClN/c18-16-8-15(19)2-1-12(16)9-20-17-13-4-10-3-11(6-13)7-14(17)5-10/h1-2,8,10-11,13-14,17,20H,3-7,9H2. The molecule has 0 aliphatic heterocycles. The van der Waals surface area contributed by atoms with E-state index in [4.69, 9.17) is 11.6 Å². The average molecular weight is 355 g/mol. The number of hydrogen-bond donors (Lipinski definition) is 1. The molecule has 1 nitrogen and oxygen atoms in total. The SMILES string of the molecule is Clc1ccc(CNC2C3CC4CC(C3)CC2C4)c(Br)c1. The normalized spacial score (nSPS) is 38.4. The molecule has 3 heteroatoms. The minimum absolute atomic E-state index is 0.755. The third-order valence-electron chi connectivity index (χ3n) is 5.77. The summed E-state index contributed by atoms with van der Waals surface area (Å²) in [6.07, 6.45) is 7.44. The van der Waals surface area contributed by atoms with Gasteiger partial charge in [-0.2, -0.15) is 0 Å². The van der Waals surface area contributed by atoms with Gasteiger partial charge in [0.15, 0.2) is 0 Å². The molecule has 4 saturated carbocycles. The first-order chi connectivity index (χ1) is 9.69. The molecule has 108 valence electrons. The van der Waals surface area contributed by atoms with E-state index in [9.17, 15) is 0 Å². The first kappa shape index (κ1) is 13.6. The highest BCUT2D eigenvalue weighted by molar-refractivity contribution is 9.10. The molecule has 4 aliphatic rings. The summed E-state index contributed by atoms with van der Waals surface area (Å²) >= 11 is 9.64. The Kier molecular flexibility index (Phi) is 3.60. The summed E-state index contributed by atoms with van der Waals surface area (Å²) in [6.45, 7) is 0.963. The number of benzene rings is 1. The number of nitrogens with one attached hydrogen (secondary N) is 1. The predicted molar refractivity (Wildman–Crippen MR) is 86.8 cm³/mol.